The number of alkyl halides is 1. The van der Waals surface area contributed by atoms with Crippen molar-refractivity contribution >= 4 is 17.5 Å². The van der Waals surface area contributed by atoms with Gasteiger partial charge < -0.3 is 5.32 Å². The number of rotatable bonds is 5. The van der Waals surface area contributed by atoms with E-state index in [9.17, 15) is 4.79 Å². The van der Waals surface area contributed by atoms with Crippen LogP contribution in [0.5, 0.6) is 0 Å². The molecule has 0 heterocycles. The van der Waals surface area contributed by atoms with Gasteiger partial charge in [0.05, 0.1) is 5.54 Å². The first-order chi connectivity index (χ1) is 10.0. The lowest BCUT2D eigenvalue weighted by atomic mass is 9.77. The van der Waals surface area contributed by atoms with Crippen molar-refractivity contribution in [3.63, 3.8) is 0 Å². The minimum absolute atomic E-state index is 0.132. The molecule has 1 aliphatic carbocycles. The largest absolute Gasteiger partial charge is 0.349 e. The minimum atomic E-state index is -0.179. The van der Waals surface area contributed by atoms with Crippen molar-refractivity contribution in [3.05, 3.63) is 35.4 Å². The van der Waals surface area contributed by atoms with Crippen LogP contribution in [-0.2, 0) is 11.2 Å². The van der Waals surface area contributed by atoms with Gasteiger partial charge in [0, 0.05) is 12.3 Å². The second-order valence-corrected chi connectivity index (χ2v) is 6.86. The fourth-order valence-corrected chi connectivity index (χ4v) is 3.73. The molecule has 2 atom stereocenters. The summed E-state index contributed by atoms with van der Waals surface area (Å²) in [4.78, 5) is 12.3. The van der Waals surface area contributed by atoms with Crippen LogP contribution in [-0.4, -0.2) is 17.3 Å². The number of hydrogen-bond donors (Lipinski definition) is 1. The molecule has 0 bridgehead atoms. The Bertz CT molecular complexity index is 488. The van der Waals surface area contributed by atoms with Crippen molar-refractivity contribution in [3.8, 4) is 0 Å². The van der Waals surface area contributed by atoms with Crippen molar-refractivity contribution in [2.75, 3.05) is 5.88 Å². The van der Waals surface area contributed by atoms with Gasteiger partial charge in [0.2, 0.25) is 5.91 Å². The fraction of sp³-hybridized carbons (Fsp3) is 0.611. The van der Waals surface area contributed by atoms with Crippen LogP contribution in [0.1, 0.15) is 50.2 Å². The number of carbonyl (C=O) groups excluding carboxylic acids is 1. The fourth-order valence-electron chi connectivity index (χ4n) is 3.43. The molecule has 0 saturated heterocycles. The second kappa shape index (κ2) is 7.31. The number of carbonyl (C=O) groups is 1. The molecule has 0 spiro atoms. The highest BCUT2D eigenvalue weighted by molar-refractivity contribution is 6.18. The molecule has 3 heteroatoms. The maximum Gasteiger partial charge on any atom is 0.220 e. The molecule has 0 aliphatic heterocycles. The Morgan fingerprint density at radius 2 is 2.19 bits per heavy atom. The van der Waals surface area contributed by atoms with Crippen molar-refractivity contribution in [1.29, 1.82) is 0 Å². The topological polar surface area (TPSA) is 29.1 Å². The summed E-state index contributed by atoms with van der Waals surface area (Å²) in [5.74, 6) is 1.30. The van der Waals surface area contributed by atoms with Gasteiger partial charge in [-0.25, -0.2) is 0 Å². The zero-order valence-corrected chi connectivity index (χ0v) is 13.9. The average Bonchev–Trinajstić information content (AvgIpc) is 2.46. The average molecular weight is 308 g/mol. The molecule has 1 aromatic rings. The Labute approximate surface area is 133 Å². The zero-order chi connectivity index (χ0) is 15.3. The van der Waals surface area contributed by atoms with Crippen LogP contribution >= 0.6 is 11.6 Å². The van der Waals surface area contributed by atoms with Gasteiger partial charge in [-0.1, -0.05) is 44.0 Å². The number of halogens is 1. The van der Waals surface area contributed by atoms with E-state index in [0.29, 0.717) is 18.2 Å². The Morgan fingerprint density at radius 1 is 1.43 bits per heavy atom. The third-order valence-electron chi connectivity index (χ3n) is 4.63. The standard InChI is InChI=1S/C18H26ClNO/c1-14-6-5-11-18(12-14,13-19)20-17(21)10-9-16-8-4-3-7-15(16)2/h3-4,7-8,14H,5-6,9-13H2,1-2H3,(H,20,21). The van der Waals surface area contributed by atoms with Crippen LogP contribution < -0.4 is 5.32 Å². The third kappa shape index (κ3) is 4.47. The molecule has 2 unspecified atom stereocenters. The second-order valence-electron chi connectivity index (χ2n) is 6.59. The maximum atomic E-state index is 12.3. The molecule has 116 valence electrons. The summed E-state index contributed by atoms with van der Waals surface area (Å²) < 4.78 is 0. The van der Waals surface area contributed by atoms with E-state index in [1.165, 1.54) is 17.5 Å². The van der Waals surface area contributed by atoms with E-state index in [4.69, 9.17) is 11.6 Å². The van der Waals surface area contributed by atoms with E-state index in [1.807, 2.05) is 12.1 Å². The normalized spacial score (nSPS) is 25.6. The first-order valence-electron chi connectivity index (χ1n) is 7.96. The summed E-state index contributed by atoms with van der Waals surface area (Å²) in [6, 6.07) is 8.26. The highest BCUT2D eigenvalue weighted by Gasteiger charge is 2.35. The molecule has 1 aliphatic rings. The molecule has 1 N–H and O–H groups in total. The van der Waals surface area contributed by atoms with Gasteiger partial charge in [-0.05, 0) is 43.2 Å². The van der Waals surface area contributed by atoms with E-state index in [1.54, 1.807) is 0 Å². The summed E-state index contributed by atoms with van der Waals surface area (Å²) >= 11 is 6.17. The Kier molecular flexibility index (Phi) is 5.69. The van der Waals surface area contributed by atoms with Crippen LogP contribution in [0.3, 0.4) is 0 Å². The summed E-state index contributed by atoms with van der Waals surface area (Å²) in [6.45, 7) is 4.34. The van der Waals surface area contributed by atoms with Gasteiger partial charge in [-0.3, -0.25) is 4.79 Å². The molecular formula is C18H26ClNO. The van der Waals surface area contributed by atoms with Gasteiger partial charge >= 0.3 is 0 Å². The summed E-state index contributed by atoms with van der Waals surface area (Å²) in [7, 11) is 0. The van der Waals surface area contributed by atoms with Crippen molar-refractivity contribution in [1.82, 2.24) is 5.32 Å². The number of benzene rings is 1. The van der Waals surface area contributed by atoms with Crippen LogP contribution in [0.2, 0.25) is 0 Å². The van der Waals surface area contributed by atoms with E-state index in [2.05, 4.69) is 31.3 Å². The van der Waals surface area contributed by atoms with Crippen LogP contribution in [0.25, 0.3) is 0 Å². The molecule has 0 aromatic heterocycles. The molecule has 21 heavy (non-hydrogen) atoms. The van der Waals surface area contributed by atoms with Crippen LogP contribution in [0.4, 0.5) is 0 Å². The van der Waals surface area contributed by atoms with Crippen LogP contribution in [0.15, 0.2) is 24.3 Å². The first-order valence-corrected chi connectivity index (χ1v) is 8.49. The van der Waals surface area contributed by atoms with E-state index < -0.39 is 0 Å². The Hall–Kier alpha value is -1.02. The molecule has 1 aromatic carbocycles. The van der Waals surface area contributed by atoms with Gasteiger partial charge in [-0.15, -0.1) is 11.6 Å². The van der Waals surface area contributed by atoms with Gasteiger partial charge in [-0.2, -0.15) is 0 Å². The smallest absolute Gasteiger partial charge is 0.220 e. The molecule has 2 nitrogen and oxygen atoms in total. The number of aryl methyl sites for hydroxylation is 2. The predicted octanol–water partition coefficient (Wildman–Crippen LogP) is 4.23. The summed E-state index contributed by atoms with van der Waals surface area (Å²) in [5, 5.41) is 3.23. The molecule has 1 saturated carbocycles. The van der Waals surface area contributed by atoms with Gasteiger partial charge in [0.15, 0.2) is 0 Å². The van der Waals surface area contributed by atoms with E-state index in [0.717, 1.165) is 25.7 Å². The molecule has 1 fully saturated rings. The first kappa shape index (κ1) is 16.4. The Morgan fingerprint density at radius 3 is 2.86 bits per heavy atom. The number of nitrogens with one attached hydrogen (secondary N) is 1. The highest BCUT2D eigenvalue weighted by Crippen LogP contribution is 2.33. The lowest BCUT2D eigenvalue weighted by Gasteiger charge is -2.39. The van der Waals surface area contributed by atoms with Gasteiger partial charge in [0.25, 0.3) is 0 Å². The lowest BCUT2D eigenvalue weighted by molar-refractivity contribution is -0.123. The quantitative estimate of drug-likeness (QED) is 0.810. The summed E-state index contributed by atoms with van der Waals surface area (Å²) in [6.07, 6.45) is 5.76. The minimum Gasteiger partial charge on any atom is -0.349 e. The number of hydrogen-bond acceptors (Lipinski definition) is 1. The molecule has 0 radical (unpaired) electrons. The van der Waals surface area contributed by atoms with Gasteiger partial charge in [0.1, 0.15) is 0 Å². The molecule has 2 rings (SSSR count). The highest BCUT2D eigenvalue weighted by atomic mass is 35.5. The van der Waals surface area contributed by atoms with Crippen molar-refractivity contribution < 1.29 is 4.79 Å². The van der Waals surface area contributed by atoms with Crippen molar-refractivity contribution in [2.45, 2.75) is 57.9 Å². The zero-order valence-electron chi connectivity index (χ0n) is 13.1. The van der Waals surface area contributed by atoms with E-state index >= 15 is 0 Å². The van der Waals surface area contributed by atoms with Crippen molar-refractivity contribution in [2.24, 2.45) is 5.92 Å². The molecule has 1 amide bonds. The number of amides is 1. The third-order valence-corrected chi connectivity index (χ3v) is 5.15. The maximum absolute atomic E-state index is 12.3. The summed E-state index contributed by atoms with van der Waals surface area (Å²) in [5.41, 5.74) is 2.33. The predicted molar refractivity (Wildman–Crippen MR) is 88.7 cm³/mol. The molecular weight excluding hydrogens is 282 g/mol. The van der Waals surface area contributed by atoms with E-state index in [-0.39, 0.29) is 11.4 Å². The Balaban J connectivity index is 1.90. The van der Waals surface area contributed by atoms with Crippen LogP contribution in [0, 0.1) is 12.8 Å². The SMILES string of the molecule is Cc1ccccc1CCC(=O)NC1(CCl)CCCC(C)C1. The monoisotopic (exact) mass is 307 g/mol. The lowest BCUT2D eigenvalue weighted by Crippen LogP contribution is -2.52.